The van der Waals surface area contributed by atoms with Gasteiger partial charge in [0.25, 0.3) is 0 Å². The fourth-order valence-electron chi connectivity index (χ4n) is 2.39. The number of aliphatic carboxylic acids is 1. The lowest BCUT2D eigenvalue weighted by Gasteiger charge is -2.03. The Morgan fingerprint density at radius 2 is 1.91 bits per heavy atom. The predicted octanol–water partition coefficient (Wildman–Crippen LogP) is 1.91. The number of rotatable bonds is 4. The van der Waals surface area contributed by atoms with Crippen LogP contribution < -0.4 is 0 Å². The van der Waals surface area contributed by atoms with Crippen molar-refractivity contribution >= 4 is 16.9 Å². The average Bonchev–Trinajstić information content (AvgIpc) is 2.85. The smallest absolute Gasteiger partial charge is 0.338 e. The number of carbonyl (C=O) groups is 1. The third kappa shape index (κ3) is 2.51. The normalized spacial score (nSPS) is 12.4. The van der Waals surface area contributed by atoms with Gasteiger partial charge in [-0.25, -0.2) is 4.79 Å². The van der Waals surface area contributed by atoms with E-state index in [1.54, 1.807) is 10.7 Å². The Labute approximate surface area is 125 Å². The fourth-order valence-corrected chi connectivity index (χ4v) is 2.39. The summed E-state index contributed by atoms with van der Waals surface area (Å²) < 4.78 is 1.62. The maximum atomic E-state index is 11.0. The summed E-state index contributed by atoms with van der Waals surface area (Å²) in [6.45, 7) is 0.439. The minimum absolute atomic E-state index is 0.00870. The molecule has 0 saturated heterocycles. The van der Waals surface area contributed by atoms with Gasteiger partial charge in [0.1, 0.15) is 11.4 Å². The Bertz CT molecular complexity index is 827. The van der Waals surface area contributed by atoms with Crippen LogP contribution in [0.5, 0.6) is 5.75 Å². The Kier molecular flexibility index (Phi) is 3.52. The number of carboxylic acids is 1. The third-order valence-electron chi connectivity index (χ3n) is 3.43. The zero-order valence-electron chi connectivity index (χ0n) is 11.5. The Balaban J connectivity index is 2.13. The van der Waals surface area contributed by atoms with Crippen molar-refractivity contribution < 1.29 is 20.1 Å². The van der Waals surface area contributed by atoms with Gasteiger partial charge in [-0.2, -0.15) is 5.10 Å². The lowest BCUT2D eigenvalue weighted by molar-refractivity contribution is -0.147. The summed E-state index contributed by atoms with van der Waals surface area (Å²) in [5, 5.41) is 33.1. The van der Waals surface area contributed by atoms with Crippen molar-refractivity contribution in [3.8, 4) is 5.75 Å². The molecule has 3 aromatic rings. The van der Waals surface area contributed by atoms with E-state index in [4.69, 9.17) is 5.11 Å². The third-order valence-corrected chi connectivity index (χ3v) is 3.43. The maximum absolute atomic E-state index is 11.0. The molecule has 0 spiro atoms. The molecule has 0 aliphatic carbocycles. The molecule has 2 aromatic carbocycles. The summed E-state index contributed by atoms with van der Waals surface area (Å²) in [6.07, 6.45) is -1.73. The molecule has 0 bridgehead atoms. The molecule has 1 aromatic heterocycles. The number of aliphatic hydroxyl groups is 1. The Hall–Kier alpha value is -2.86. The van der Waals surface area contributed by atoms with Gasteiger partial charge in [-0.15, -0.1) is 0 Å². The van der Waals surface area contributed by atoms with Gasteiger partial charge in [-0.1, -0.05) is 30.3 Å². The number of hydrogen-bond donors (Lipinski definition) is 3. The maximum Gasteiger partial charge on any atom is 0.338 e. The highest BCUT2D eigenvalue weighted by Gasteiger charge is 2.23. The van der Waals surface area contributed by atoms with Gasteiger partial charge in [0.05, 0.1) is 12.1 Å². The SMILES string of the molecule is O=C(O)C(O)c1nn(Cc2ccccc2)c2ccc(O)cc12. The molecule has 0 saturated carbocycles. The summed E-state index contributed by atoms with van der Waals surface area (Å²) in [7, 11) is 0. The van der Waals surface area contributed by atoms with Crippen LogP contribution in [0.4, 0.5) is 0 Å². The molecule has 6 nitrogen and oxygen atoms in total. The van der Waals surface area contributed by atoms with Crippen LogP contribution in [0, 0.1) is 0 Å². The van der Waals surface area contributed by atoms with Crippen LogP contribution in [0.1, 0.15) is 17.4 Å². The highest BCUT2D eigenvalue weighted by Crippen LogP contribution is 2.28. The molecule has 1 unspecified atom stereocenters. The van der Waals surface area contributed by atoms with Crippen LogP contribution in [-0.4, -0.2) is 31.1 Å². The molecule has 1 heterocycles. The Morgan fingerprint density at radius 3 is 2.59 bits per heavy atom. The van der Waals surface area contributed by atoms with E-state index in [0.717, 1.165) is 5.56 Å². The minimum Gasteiger partial charge on any atom is -0.508 e. The number of nitrogens with zero attached hydrogens (tertiary/aromatic N) is 2. The van der Waals surface area contributed by atoms with Crippen LogP contribution in [0.2, 0.25) is 0 Å². The quantitative estimate of drug-likeness (QED) is 0.684. The Morgan fingerprint density at radius 1 is 1.18 bits per heavy atom. The van der Waals surface area contributed by atoms with E-state index < -0.39 is 12.1 Å². The standard InChI is InChI=1S/C16H14N2O4/c19-11-6-7-13-12(8-11)14(15(20)16(21)22)17-18(13)9-10-4-2-1-3-5-10/h1-8,15,19-20H,9H2,(H,21,22). The van der Waals surface area contributed by atoms with Crippen LogP contribution in [0.3, 0.4) is 0 Å². The summed E-state index contributed by atoms with van der Waals surface area (Å²) in [4.78, 5) is 11.0. The second-order valence-electron chi connectivity index (χ2n) is 4.97. The predicted molar refractivity (Wildman–Crippen MR) is 79.5 cm³/mol. The minimum atomic E-state index is -1.73. The van der Waals surface area contributed by atoms with Crippen LogP contribution in [0.25, 0.3) is 10.9 Å². The first-order valence-electron chi connectivity index (χ1n) is 6.70. The molecule has 22 heavy (non-hydrogen) atoms. The van der Waals surface area contributed by atoms with Gasteiger partial charge in [-0.05, 0) is 23.8 Å². The summed E-state index contributed by atoms with van der Waals surface area (Å²) >= 11 is 0. The van der Waals surface area contributed by atoms with Crippen LogP contribution in [-0.2, 0) is 11.3 Å². The number of phenols is 1. The highest BCUT2D eigenvalue weighted by atomic mass is 16.4. The average molecular weight is 298 g/mol. The van der Waals surface area contributed by atoms with E-state index in [-0.39, 0.29) is 11.4 Å². The van der Waals surface area contributed by atoms with Crippen LogP contribution >= 0.6 is 0 Å². The van der Waals surface area contributed by atoms with Crippen molar-refractivity contribution in [1.29, 1.82) is 0 Å². The molecule has 6 heteroatoms. The van der Waals surface area contributed by atoms with E-state index in [1.807, 2.05) is 30.3 Å². The largest absolute Gasteiger partial charge is 0.508 e. The van der Waals surface area contributed by atoms with E-state index in [9.17, 15) is 15.0 Å². The molecule has 112 valence electrons. The van der Waals surface area contributed by atoms with Gasteiger partial charge in [0.2, 0.25) is 0 Å². The lowest BCUT2D eigenvalue weighted by atomic mass is 10.1. The number of hydrogen-bond acceptors (Lipinski definition) is 4. The first kappa shape index (κ1) is 14.1. The first-order valence-corrected chi connectivity index (χ1v) is 6.70. The zero-order valence-corrected chi connectivity index (χ0v) is 11.5. The molecule has 3 rings (SSSR count). The fraction of sp³-hybridized carbons (Fsp3) is 0.125. The molecule has 0 radical (unpaired) electrons. The van der Waals surface area contributed by atoms with Crippen molar-refractivity contribution in [1.82, 2.24) is 9.78 Å². The first-order chi connectivity index (χ1) is 10.6. The second kappa shape index (κ2) is 5.50. The van der Waals surface area contributed by atoms with Crippen molar-refractivity contribution in [3.63, 3.8) is 0 Å². The number of fused-ring (bicyclic) bond motifs is 1. The van der Waals surface area contributed by atoms with Gasteiger partial charge in [0.15, 0.2) is 6.10 Å². The second-order valence-corrected chi connectivity index (χ2v) is 4.97. The molecule has 3 N–H and O–H groups in total. The van der Waals surface area contributed by atoms with Crippen LogP contribution in [0.15, 0.2) is 48.5 Å². The van der Waals surface area contributed by atoms with Gasteiger partial charge >= 0.3 is 5.97 Å². The number of carboxylic acid groups (broad SMARTS) is 1. The summed E-state index contributed by atoms with van der Waals surface area (Å²) in [5.74, 6) is -1.39. The summed E-state index contributed by atoms with van der Waals surface area (Å²) in [5.41, 5.74) is 1.67. The van der Waals surface area contributed by atoms with E-state index in [1.165, 1.54) is 12.1 Å². The molecular formula is C16H14N2O4. The number of aliphatic hydroxyl groups excluding tert-OH is 1. The topological polar surface area (TPSA) is 95.6 Å². The van der Waals surface area contributed by atoms with Crippen molar-refractivity contribution in [2.24, 2.45) is 0 Å². The number of benzene rings is 2. The molecule has 1 atom stereocenters. The molecule has 0 amide bonds. The molecule has 0 aliphatic heterocycles. The van der Waals surface area contributed by atoms with E-state index in [0.29, 0.717) is 17.4 Å². The number of aromatic hydroxyl groups is 1. The van der Waals surface area contributed by atoms with Gasteiger partial charge < -0.3 is 15.3 Å². The summed E-state index contributed by atoms with van der Waals surface area (Å²) in [6, 6.07) is 14.1. The van der Waals surface area contributed by atoms with Crippen molar-refractivity contribution in [2.45, 2.75) is 12.6 Å². The van der Waals surface area contributed by atoms with Gasteiger partial charge in [-0.3, -0.25) is 4.68 Å². The molecular weight excluding hydrogens is 284 g/mol. The zero-order chi connectivity index (χ0) is 15.7. The van der Waals surface area contributed by atoms with E-state index in [2.05, 4.69) is 5.10 Å². The number of phenolic OH excluding ortho intramolecular Hbond substituents is 1. The molecule has 0 aliphatic rings. The van der Waals surface area contributed by atoms with Gasteiger partial charge in [0, 0.05) is 5.39 Å². The monoisotopic (exact) mass is 298 g/mol. The highest BCUT2D eigenvalue weighted by molar-refractivity contribution is 5.88. The number of aromatic nitrogens is 2. The molecule has 0 fully saturated rings. The van der Waals surface area contributed by atoms with Crippen molar-refractivity contribution in [3.05, 3.63) is 59.8 Å². The lowest BCUT2D eigenvalue weighted by Crippen LogP contribution is -2.12. The van der Waals surface area contributed by atoms with Crippen molar-refractivity contribution in [2.75, 3.05) is 0 Å². The van der Waals surface area contributed by atoms with E-state index >= 15 is 0 Å².